The molecular weight excluding hydrogens is 352 g/mol. The summed E-state index contributed by atoms with van der Waals surface area (Å²) in [6.07, 6.45) is 4.15. The molecule has 0 atom stereocenters. The van der Waals surface area contributed by atoms with Gasteiger partial charge < -0.3 is 18.9 Å². The predicted molar refractivity (Wildman–Crippen MR) is 115 cm³/mol. The first-order chi connectivity index (χ1) is 13.8. The van der Waals surface area contributed by atoms with Crippen molar-refractivity contribution in [2.75, 3.05) is 27.4 Å². The zero-order valence-electron chi connectivity index (χ0n) is 17.3. The Hall–Kier alpha value is -2.62. The molecule has 3 aromatic carbocycles. The molecule has 0 amide bonds. The molecule has 0 aliphatic rings. The molecule has 150 valence electrons. The quantitative estimate of drug-likeness (QED) is 0.302. The van der Waals surface area contributed by atoms with Gasteiger partial charge in [0.15, 0.2) is 0 Å². The Kier molecular flexibility index (Phi) is 6.85. The van der Waals surface area contributed by atoms with Crippen molar-refractivity contribution < 1.29 is 18.9 Å². The van der Waals surface area contributed by atoms with Crippen molar-refractivity contribution in [3.8, 4) is 23.0 Å². The maximum atomic E-state index is 6.30. The van der Waals surface area contributed by atoms with E-state index in [0.717, 1.165) is 70.2 Å². The summed E-state index contributed by atoms with van der Waals surface area (Å²) in [5, 5.41) is 3.87. The second kappa shape index (κ2) is 9.54. The van der Waals surface area contributed by atoms with Gasteiger partial charge in [0.2, 0.25) is 0 Å². The molecular formula is C24H30O4. The fraction of sp³-hybridized carbons (Fsp3) is 0.417. The molecule has 0 bridgehead atoms. The largest absolute Gasteiger partial charge is 0.496 e. The van der Waals surface area contributed by atoms with Crippen molar-refractivity contribution in [1.29, 1.82) is 0 Å². The van der Waals surface area contributed by atoms with Crippen LogP contribution >= 0.6 is 0 Å². The topological polar surface area (TPSA) is 36.9 Å². The number of unbranched alkanes of at least 4 members (excludes halogenated alkanes) is 2. The molecule has 0 N–H and O–H groups in total. The van der Waals surface area contributed by atoms with E-state index >= 15 is 0 Å². The lowest BCUT2D eigenvalue weighted by Crippen LogP contribution is -2.03. The first-order valence-electron chi connectivity index (χ1n) is 10.1. The van der Waals surface area contributed by atoms with E-state index in [4.69, 9.17) is 18.9 Å². The van der Waals surface area contributed by atoms with Crippen LogP contribution in [-0.2, 0) is 0 Å². The van der Waals surface area contributed by atoms with Gasteiger partial charge in [-0.15, -0.1) is 0 Å². The Labute approximate surface area is 167 Å². The lowest BCUT2D eigenvalue weighted by Gasteiger charge is -2.21. The van der Waals surface area contributed by atoms with Crippen LogP contribution in [-0.4, -0.2) is 27.4 Å². The van der Waals surface area contributed by atoms with E-state index in [1.807, 2.05) is 24.3 Å². The van der Waals surface area contributed by atoms with Crippen LogP contribution < -0.4 is 18.9 Å². The molecule has 4 heteroatoms. The van der Waals surface area contributed by atoms with E-state index in [9.17, 15) is 0 Å². The normalized spacial score (nSPS) is 11.0. The average molecular weight is 383 g/mol. The third-order valence-electron chi connectivity index (χ3n) is 4.93. The molecule has 0 saturated heterocycles. The highest BCUT2D eigenvalue weighted by molar-refractivity contribution is 6.15. The van der Waals surface area contributed by atoms with Crippen molar-refractivity contribution in [1.82, 2.24) is 0 Å². The number of fused-ring (bicyclic) bond motifs is 2. The molecule has 0 heterocycles. The molecule has 0 fully saturated rings. The Bertz CT molecular complexity index is 857. The van der Waals surface area contributed by atoms with Crippen molar-refractivity contribution in [2.24, 2.45) is 0 Å². The van der Waals surface area contributed by atoms with Crippen molar-refractivity contribution in [3.63, 3.8) is 0 Å². The van der Waals surface area contributed by atoms with E-state index in [-0.39, 0.29) is 0 Å². The Balaban J connectivity index is 2.36. The van der Waals surface area contributed by atoms with Gasteiger partial charge in [-0.2, -0.15) is 0 Å². The van der Waals surface area contributed by atoms with Crippen LogP contribution in [0.25, 0.3) is 21.5 Å². The van der Waals surface area contributed by atoms with Crippen LogP contribution in [0.2, 0.25) is 0 Å². The van der Waals surface area contributed by atoms with Crippen molar-refractivity contribution in [2.45, 2.75) is 39.5 Å². The molecule has 0 spiro atoms. The Morgan fingerprint density at radius 2 is 1.07 bits per heavy atom. The minimum atomic E-state index is 0.659. The van der Waals surface area contributed by atoms with E-state index in [1.54, 1.807) is 14.2 Å². The smallest absolute Gasteiger partial charge is 0.139 e. The molecule has 3 rings (SSSR count). The number of ether oxygens (including phenoxy) is 4. The van der Waals surface area contributed by atoms with Crippen LogP contribution in [0.15, 0.2) is 36.4 Å². The maximum absolute atomic E-state index is 6.30. The number of hydrogen-bond acceptors (Lipinski definition) is 4. The van der Waals surface area contributed by atoms with Gasteiger partial charge in [0.05, 0.1) is 38.2 Å². The predicted octanol–water partition coefficient (Wildman–Crippen LogP) is 6.37. The van der Waals surface area contributed by atoms with Crippen molar-refractivity contribution >= 4 is 21.5 Å². The lowest BCUT2D eigenvalue weighted by atomic mass is 9.99. The molecule has 0 aliphatic heterocycles. The van der Waals surface area contributed by atoms with Gasteiger partial charge in [-0.25, -0.2) is 0 Å². The second-order valence-electron chi connectivity index (χ2n) is 6.83. The second-order valence-corrected chi connectivity index (χ2v) is 6.83. The van der Waals surface area contributed by atoms with Gasteiger partial charge >= 0.3 is 0 Å². The zero-order chi connectivity index (χ0) is 19.9. The number of rotatable bonds is 10. The minimum Gasteiger partial charge on any atom is -0.496 e. The minimum absolute atomic E-state index is 0.659. The van der Waals surface area contributed by atoms with Crippen LogP contribution in [0.3, 0.4) is 0 Å². The fourth-order valence-electron chi connectivity index (χ4n) is 3.44. The summed E-state index contributed by atoms with van der Waals surface area (Å²) in [5.41, 5.74) is 0. The summed E-state index contributed by atoms with van der Waals surface area (Å²) in [5.74, 6) is 3.18. The molecule has 3 aromatic rings. The summed E-state index contributed by atoms with van der Waals surface area (Å²) in [6, 6.07) is 12.1. The van der Waals surface area contributed by atoms with E-state index in [1.165, 1.54) is 0 Å². The van der Waals surface area contributed by atoms with Gasteiger partial charge in [-0.1, -0.05) is 51.0 Å². The summed E-state index contributed by atoms with van der Waals surface area (Å²) < 4.78 is 24.0. The van der Waals surface area contributed by atoms with Crippen LogP contribution in [0.5, 0.6) is 23.0 Å². The highest BCUT2D eigenvalue weighted by Crippen LogP contribution is 2.50. The maximum Gasteiger partial charge on any atom is 0.139 e. The Morgan fingerprint density at radius 1 is 0.643 bits per heavy atom. The molecule has 0 radical (unpaired) electrons. The van der Waals surface area contributed by atoms with E-state index in [0.29, 0.717) is 13.2 Å². The molecule has 0 aliphatic carbocycles. The summed E-state index contributed by atoms with van der Waals surface area (Å²) in [6.45, 7) is 5.64. The standard InChI is InChI=1S/C24H30O4/c1-5-7-15-27-23-17-11-9-10-12-18(17)24(28-16-8-6-2)22-20(26-4)14-13-19(25-3)21(22)23/h9-14H,5-8,15-16H2,1-4H3. The first-order valence-corrected chi connectivity index (χ1v) is 10.1. The van der Waals surface area contributed by atoms with Gasteiger partial charge in [0, 0.05) is 10.8 Å². The number of benzene rings is 3. The number of hydrogen-bond donors (Lipinski definition) is 0. The van der Waals surface area contributed by atoms with Crippen LogP contribution in [0.4, 0.5) is 0 Å². The Morgan fingerprint density at radius 3 is 1.43 bits per heavy atom. The molecule has 0 aromatic heterocycles. The number of methoxy groups -OCH3 is 2. The summed E-state index contributed by atoms with van der Waals surface area (Å²) in [4.78, 5) is 0. The van der Waals surface area contributed by atoms with Gasteiger partial charge in [-0.3, -0.25) is 0 Å². The molecule has 28 heavy (non-hydrogen) atoms. The summed E-state index contributed by atoms with van der Waals surface area (Å²) in [7, 11) is 3.37. The van der Waals surface area contributed by atoms with E-state index in [2.05, 4.69) is 26.0 Å². The van der Waals surface area contributed by atoms with Crippen molar-refractivity contribution in [3.05, 3.63) is 36.4 Å². The highest BCUT2D eigenvalue weighted by Gasteiger charge is 2.22. The first kappa shape index (κ1) is 20.1. The van der Waals surface area contributed by atoms with Gasteiger partial charge in [-0.05, 0) is 25.0 Å². The van der Waals surface area contributed by atoms with Crippen LogP contribution in [0.1, 0.15) is 39.5 Å². The molecule has 0 unspecified atom stereocenters. The highest BCUT2D eigenvalue weighted by atomic mass is 16.5. The third kappa shape index (κ3) is 3.82. The lowest BCUT2D eigenvalue weighted by molar-refractivity contribution is 0.309. The third-order valence-corrected chi connectivity index (χ3v) is 4.93. The van der Waals surface area contributed by atoms with Gasteiger partial charge in [0.1, 0.15) is 23.0 Å². The van der Waals surface area contributed by atoms with Gasteiger partial charge in [0.25, 0.3) is 0 Å². The zero-order valence-corrected chi connectivity index (χ0v) is 17.3. The average Bonchev–Trinajstić information content (AvgIpc) is 2.74. The van der Waals surface area contributed by atoms with E-state index < -0.39 is 0 Å². The van der Waals surface area contributed by atoms with Crippen LogP contribution in [0, 0.1) is 0 Å². The summed E-state index contributed by atoms with van der Waals surface area (Å²) >= 11 is 0. The molecule has 4 nitrogen and oxygen atoms in total. The SMILES string of the molecule is CCCCOc1c2ccccc2c(OCCCC)c2c(OC)ccc(OC)c12. The molecule has 0 saturated carbocycles. The fourth-order valence-corrected chi connectivity index (χ4v) is 3.44. The monoisotopic (exact) mass is 382 g/mol.